The summed E-state index contributed by atoms with van der Waals surface area (Å²) < 4.78 is 0. The Balaban J connectivity index is 1.86. The zero-order chi connectivity index (χ0) is 13.7. The molecule has 3 heteroatoms. The van der Waals surface area contributed by atoms with Crippen molar-refractivity contribution >= 4 is 5.96 Å². The van der Waals surface area contributed by atoms with E-state index in [9.17, 15) is 0 Å². The molecule has 19 heavy (non-hydrogen) atoms. The van der Waals surface area contributed by atoms with Crippen LogP contribution in [0.2, 0.25) is 0 Å². The molecule has 0 spiro atoms. The minimum atomic E-state index is 0.364. The van der Waals surface area contributed by atoms with Crippen LogP contribution in [-0.4, -0.2) is 18.5 Å². The van der Waals surface area contributed by atoms with Gasteiger partial charge in [0.1, 0.15) is 0 Å². The summed E-state index contributed by atoms with van der Waals surface area (Å²) in [7, 11) is 0. The summed E-state index contributed by atoms with van der Waals surface area (Å²) in [6.45, 7) is 5.11. The standard InChI is InChI=1S/C16H25N3/c1-3-13(2)19-15(17)18-12-16(9-10-16)11-14-7-5-4-6-8-14/h4-8,13H,3,9-12H2,1-2H3,(H3,17,18,19). The van der Waals surface area contributed by atoms with Crippen molar-refractivity contribution in [3.63, 3.8) is 0 Å². The number of benzene rings is 1. The van der Waals surface area contributed by atoms with Crippen LogP contribution in [0.4, 0.5) is 0 Å². The second-order valence-electron chi connectivity index (χ2n) is 5.82. The zero-order valence-corrected chi connectivity index (χ0v) is 12.0. The summed E-state index contributed by atoms with van der Waals surface area (Å²) in [6.07, 6.45) is 4.71. The van der Waals surface area contributed by atoms with Crippen molar-refractivity contribution in [3.05, 3.63) is 35.9 Å². The molecule has 1 fully saturated rings. The molecule has 0 heterocycles. The Morgan fingerprint density at radius 1 is 1.37 bits per heavy atom. The Hall–Kier alpha value is -1.51. The quantitative estimate of drug-likeness (QED) is 0.609. The van der Waals surface area contributed by atoms with E-state index >= 15 is 0 Å². The molecule has 1 saturated carbocycles. The van der Waals surface area contributed by atoms with Crippen LogP contribution in [0.15, 0.2) is 35.3 Å². The molecule has 1 aliphatic carbocycles. The number of guanidine groups is 1. The van der Waals surface area contributed by atoms with Crippen molar-refractivity contribution < 1.29 is 0 Å². The van der Waals surface area contributed by atoms with Crippen LogP contribution in [0, 0.1) is 5.41 Å². The molecule has 3 nitrogen and oxygen atoms in total. The predicted octanol–water partition coefficient (Wildman–Crippen LogP) is 2.71. The molecule has 0 saturated heterocycles. The highest BCUT2D eigenvalue weighted by Crippen LogP contribution is 2.48. The van der Waals surface area contributed by atoms with Crippen LogP contribution in [0.25, 0.3) is 0 Å². The van der Waals surface area contributed by atoms with Crippen molar-refractivity contribution in [1.29, 1.82) is 0 Å². The first-order chi connectivity index (χ1) is 9.13. The van der Waals surface area contributed by atoms with E-state index in [2.05, 4.69) is 54.5 Å². The molecular weight excluding hydrogens is 234 g/mol. The molecule has 2 rings (SSSR count). The number of hydrogen-bond acceptors (Lipinski definition) is 1. The Labute approximate surface area is 116 Å². The van der Waals surface area contributed by atoms with E-state index in [0.717, 1.165) is 19.4 Å². The summed E-state index contributed by atoms with van der Waals surface area (Å²) in [4.78, 5) is 4.53. The Bertz CT molecular complexity index is 421. The van der Waals surface area contributed by atoms with Gasteiger partial charge in [-0.25, -0.2) is 0 Å². The molecule has 1 aromatic carbocycles. The first kappa shape index (κ1) is 13.9. The fourth-order valence-electron chi connectivity index (χ4n) is 2.25. The van der Waals surface area contributed by atoms with Gasteiger partial charge in [0.2, 0.25) is 0 Å². The lowest BCUT2D eigenvalue weighted by Gasteiger charge is -2.15. The first-order valence-electron chi connectivity index (χ1n) is 7.24. The number of nitrogens with two attached hydrogens (primary N) is 1. The minimum absolute atomic E-state index is 0.364. The Morgan fingerprint density at radius 3 is 2.63 bits per heavy atom. The molecule has 0 aliphatic heterocycles. The summed E-state index contributed by atoms with van der Waals surface area (Å²) in [5, 5.41) is 3.22. The van der Waals surface area contributed by atoms with Crippen molar-refractivity contribution in [3.8, 4) is 0 Å². The minimum Gasteiger partial charge on any atom is -0.370 e. The van der Waals surface area contributed by atoms with Crippen LogP contribution in [0.3, 0.4) is 0 Å². The largest absolute Gasteiger partial charge is 0.370 e. The lowest BCUT2D eigenvalue weighted by molar-refractivity contribution is 0.519. The van der Waals surface area contributed by atoms with Gasteiger partial charge in [-0.2, -0.15) is 0 Å². The van der Waals surface area contributed by atoms with Crippen LogP contribution >= 0.6 is 0 Å². The fraction of sp³-hybridized carbons (Fsp3) is 0.562. The van der Waals surface area contributed by atoms with E-state index in [4.69, 9.17) is 5.73 Å². The van der Waals surface area contributed by atoms with Crippen molar-refractivity contribution in [2.75, 3.05) is 6.54 Å². The molecule has 1 atom stereocenters. The monoisotopic (exact) mass is 259 g/mol. The maximum Gasteiger partial charge on any atom is 0.188 e. The average molecular weight is 259 g/mol. The summed E-state index contributed by atoms with van der Waals surface area (Å²) in [5.74, 6) is 0.591. The van der Waals surface area contributed by atoms with Gasteiger partial charge >= 0.3 is 0 Å². The van der Waals surface area contributed by atoms with E-state index in [0.29, 0.717) is 17.4 Å². The van der Waals surface area contributed by atoms with E-state index in [1.54, 1.807) is 0 Å². The third-order valence-electron chi connectivity index (χ3n) is 3.97. The smallest absolute Gasteiger partial charge is 0.188 e. The topological polar surface area (TPSA) is 50.4 Å². The van der Waals surface area contributed by atoms with Gasteiger partial charge < -0.3 is 11.1 Å². The Kier molecular flexibility index (Phi) is 4.46. The molecule has 1 unspecified atom stereocenters. The normalized spacial score (nSPS) is 18.9. The van der Waals surface area contributed by atoms with Crippen LogP contribution in [-0.2, 0) is 6.42 Å². The van der Waals surface area contributed by atoms with E-state index < -0.39 is 0 Å². The number of nitrogens with one attached hydrogen (secondary N) is 1. The summed E-state index contributed by atoms with van der Waals surface area (Å²) in [5.41, 5.74) is 7.69. The second kappa shape index (κ2) is 6.09. The molecule has 0 amide bonds. The lowest BCUT2D eigenvalue weighted by atomic mass is 9.97. The SMILES string of the molecule is CCC(C)NC(N)=NCC1(Cc2ccccc2)CC1. The van der Waals surface area contributed by atoms with E-state index in [1.807, 2.05) is 0 Å². The molecule has 104 valence electrons. The van der Waals surface area contributed by atoms with Crippen molar-refractivity contribution in [2.45, 2.75) is 45.6 Å². The second-order valence-corrected chi connectivity index (χ2v) is 5.82. The number of hydrogen-bond donors (Lipinski definition) is 2. The summed E-state index contributed by atoms with van der Waals surface area (Å²) in [6, 6.07) is 11.1. The lowest BCUT2D eigenvalue weighted by Crippen LogP contribution is -2.38. The number of nitrogens with zero attached hydrogens (tertiary/aromatic N) is 1. The van der Waals surface area contributed by atoms with Gasteiger partial charge in [0.05, 0.1) is 0 Å². The van der Waals surface area contributed by atoms with Gasteiger partial charge in [0.25, 0.3) is 0 Å². The van der Waals surface area contributed by atoms with Crippen molar-refractivity contribution in [1.82, 2.24) is 5.32 Å². The molecule has 3 N–H and O–H groups in total. The fourth-order valence-corrected chi connectivity index (χ4v) is 2.25. The average Bonchev–Trinajstić information content (AvgIpc) is 3.18. The van der Waals surface area contributed by atoms with Gasteiger partial charge in [-0.1, -0.05) is 37.3 Å². The highest BCUT2D eigenvalue weighted by Gasteiger charge is 2.42. The number of rotatable bonds is 6. The highest BCUT2D eigenvalue weighted by molar-refractivity contribution is 5.78. The summed E-state index contributed by atoms with van der Waals surface area (Å²) >= 11 is 0. The Morgan fingerprint density at radius 2 is 2.05 bits per heavy atom. The van der Waals surface area contributed by atoms with E-state index in [-0.39, 0.29) is 0 Å². The van der Waals surface area contributed by atoms with Crippen LogP contribution in [0.5, 0.6) is 0 Å². The van der Waals surface area contributed by atoms with Gasteiger partial charge in [-0.3, -0.25) is 4.99 Å². The number of aliphatic imine (C=N–C) groups is 1. The third-order valence-corrected chi connectivity index (χ3v) is 3.97. The van der Waals surface area contributed by atoms with Gasteiger partial charge in [-0.05, 0) is 43.6 Å². The maximum absolute atomic E-state index is 5.92. The molecule has 0 aromatic heterocycles. The predicted molar refractivity (Wildman–Crippen MR) is 81.2 cm³/mol. The van der Waals surface area contributed by atoms with Crippen LogP contribution < -0.4 is 11.1 Å². The molecule has 0 radical (unpaired) electrons. The molecule has 0 bridgehead atoms. The van der Waals surface area contributed by atoms with Gasteiger partial charge in [-0.15, -0.1) is 0 Å². The van der Waals surface area contributed by atoms with Gasteiger partial charge in [0.15, 0.2) is 5.96 Å². The zero-order valence-electron chi connectivity index (χ0n) is 12.0. The maximum atomic E-state index is 5.92. The molecular formula is C16H25N3. The first-order valence-corrected chi connectivity index (χ1v) is 7.24. The molecule has 1 aromatic rings. The highest BCUT2D eigenvalue weighted by atomic mass is 15.1. The molecule has 1 aliphatic rings. The van der Waals surface area contributed by atoms with Crippen molar-refractivity contribution in [2.24, 2.45) is 16.1 Å². The van der Waals surface area contributed by atoms with Crippen LogP contribution in [0.1, 0.15) is 38.7 Å². The van der Waals surface area contributed by atoms with Gasteiger partial charge in [0, 0.05) is 12.6 Å². The van der Waals surface area contributed by atoms with E-state index in [1.165, 1.54) is 18.4 Å². The third kappa shape index (κ3) is 4.27.